The second kappa shape index (κ2) is 9.09. The fourth-order valence-corrected chi connectivity index (χ4v) is 3.66. The Morgan fingerprint density at radius 2 is 1.59 bits per heavy atom. The van der Waals surface area contributed by atoms with Gasteiger partial charge in [-0.05, 0) is 49.4 Å². The zero-order valence-electron chi connectivity index (χ0n) is 16.6. The van der Waals surface area contributed by atoms with Crippen molar-refractivity contribution in [1.82, 2.24) is 15.5 Å². The summed E-state index contributed by atoms with van der Waals surface area (Å²) in [6, 6.07) is 17.8. The van der Waals surface area contributed by atoms with Crippen molar-refractivity contribution in [3.8, 4) is 0 Å². The first-order valence-electron chi connectivity index (χ1n) is 10.4. The number of nitrogens with zero attached hydrogens (tertiary/aromatic N) is 1. The Hall–Kier alpha value is -2.86. The Morgan fingerprint density at radius 3 is 2.31 bits per heavy atom. The normalized spacial score (nSPS) is 17.5. The predicted molar refractivity (Wildman–Crippen MR) is 114 cm³/mol. The van der Waals surface area contributed by atoms with Gasteiger partial charge in [0.25, 0.3) is 5.91 Å². The van der Waals surface area contributed by atoms with Crippen molar-refractivity contribution in [2.24, 2.45) is 0 Å². The fourth-order valence-electron chi connectivity index (χ4n) is 3.66. The van der Waals surface area contributed by atoms with Gasteiger partial charge in [-0.15, -0.1) is 0 Å². The van der Waals surface area contributed by atoms with Crippen molar-refractivity contribution in [3.05, 3.63) is 65.7 Å². The first-order valence-corrected chi connectivity index (χ1v) is 10.4. The number of amides is 3. The molecule has 1 aliphatic heterocycles. The van der Waals surface area contributed by atoms with E-state index in [0.717, 1.165) is 45.3 Å². The number of carbonyl (C=O) groups is 2. The number of piperidine rings is 1. The number of carbonyl (C=O) groups excluding carboxylic acids is 2. The molecule has 2 aliphatic rings. The summed E-state index contributed by atoms with van der Waals surface area (Å²) in [6.07, 6.45) is 3.97. The molecule has 2 aromatic carbocycles. The lowest BCUT2D eigenvalue weighted by Crippen LogP contribution is -2.45. The lowest BCUT2D eigenvalue weighted by Gasteiger charge is -2.32. The van der Waals surface area contributed by atoms with E-state index in [1.165, 1.54) is 5.56 Å². The second-order valence-electron chi connectivity index (χ2n) is 7.96. The smallest absolute Gasteiger partial charge is 0.319 e. The van der Waals surface area contributed by atoms with E-state index in [1.807, 2.05) is 6.07 Å². The van der Waals surface area contributed by atoms with Crippen LogP contribution in [0.1, 0.15) is 41.6 Å². The van der Waals surface area contributed by atoms with Crippen LogP contribution in [0.5, 0.6) is 0 Å². The van der Waals surface area contributed by atoms with E-state index >= 15 is 0 Å². The molecule has 29 heavy (non-hydrogen) atoms. The highest BCUT2D eigenvalue weighted by Crippen LogP contribution is 2.20. The van der Waals surface area contributed by atoms with Gasteiger partial charge >= 0.3 is 6.03 Å². The van der Waals surface area contributed by atoms with E-state index < -0.39 is 0 Å². The summed E-state index contributed by atoms with van der Waals surface area (Å²) in [6.45, 7) is 2.89. The van der Waals surface area contributed by atoms with Crippen LogP contribution < -0.4 is 16.0 Å². The molecule has 1 saturated carbocycles. The minimum absolute atomic E-state index is 0.0812. The van der Waals surface area contributed by atoms with Gasteiger partial charge in [0, 0.05) is 43.0 Å². The first kappa shape index (κ1) is 19.5. The van der Waals surface area contributed by atoms with Gasteiger partial charge in [-0.25, -0.2) is 4.79 Å². The summed E-state index contributed by atoms with van der Waals surface area (Å²) in [5.41, 5.74) is 2.53. The summed E-state index contributed by atoms with van der Waals surface area (Å²) in [4.78, 5) is 27.0. The van der Waals surface area contributed by atoms with Gasteiger partial charge in [0.2, 0.25) is 0 Å². The van der Waals surface area contributed by atoms with Crippen LogP contribution in [-0.2, 0) is 6.54 Å². The van der Waals surface area contributed by atoms with Crippen LogP contribution in [0, 0.1) is 0 Å². The Kier molecular flexibility index (Phi) is 6.10. The lowest BCUT2D eigenvalue weighted by molar-refractivity contribution is 0.0951. The van der Waals surface area contributed by atoms with Gasteiger partial charge in [0.05, 0.1) is 0 Å². The third-order valence-corrected chi connectivity index (χ3v) is 5.47. The highest BCUT2D eigenvalue weighted by Gasteiger charge is 2.24. The van der Waals surface area contributed by atoms with Crippen LogP contribution in [0.25, 0.3) is 0 Å². The number of benzene rings is 2. The van der Waals surface area contributed by atoms with Gasteiger partial charge in [0.15, 0.2) is 0 Å². The predicted octanol–water partition coefficient (Wildman–Crippen LogP) is 3.36. The maximum absolute atomic E-state index is 12.4. The summed E-state index contributed by atoms with van der Waals surface area (Å²) in [7, 11) is 0. The summed E-state index contributed by atoms with van der Waals surface area (Å²) >= 11 is 0. The molecular weight excluding hydrogens is 364 g/mol. The first-order chi connectivity index (χ1) is 14.2. The summed E-state index contributed by atoms with van der Waals surface area (Å²) < 4.78 is 0. The van der Waals surface area contributed by atoms with Crippen molar-refractivity contribution in [3.63, 3.8) is 0 Å². The molecule has 0 unspecified atom stereocenters. The Balaban J connectivity index is 1.22. The molecule has 6 heteroatoms. The monoisotopic (exact) mass is 392 g/mol. The van der Waals surface area contributed by atoms with Crippen LogP contribution in [-0.4, -0.2) is 42.0 Å². The molecule has 1 heterocycles. The van der Waals surface area contributed by atoms with Gasteiger partial charge in [-0.1, -0.05) is 36.4 Å². The van der Waals surface area contributed by atoms with Crippen LogP contribution in [0.3, 0.4) is 0 Å². The minimum Gasteiger partial charge on any atom is -0.349 e. The SMILES string of the molecule is O=C(Nc1cccc(C(=O)NC2CC2)c1)NC1CCN(Cc2ccccc2)CC1. The molecule has 6 nitrogen and oxygen atoms in total. The number of rotatable bonds is 6. The largest absolute Gasteiger partial charge is 0.349 e. The lowest BCUT2D eigenvalue weighted by atomic mass is 10.0. The average Bonchev–Trinajstić information content (AvgIpc) is 3.54. The van der Waals surface area contributed by atoms with Gasteiger partial charge in [-0.2, -0.15) is 0 Å². The number of hydrogen-bond acceptors (Lipinski definition) is 3. The highest BCUT2D eigenvalue weighted by atomic mass is 16.2. The average molecular weight is 393 g/mol. The van der Waals surface area contributed by atoms with Crippen molar-refractivity contribution in [2.75, 3.05) is 18.4 Å². The zero-order chi connectivity index (χ0) is 20.1. The third-order valence-electron chi connectivity index (χ3n) is 5.47. The molecule has 2 aromatic rings. The van der Waals surface area contributed by atoms with Crippen molar-refractivity contribution < 1.29 is 9.59 Å². The minimum atomic E-state index is -0.216. The highest BCUT2D eigenvalue weighted by molar-refractivity contribution is 5.97. The van der Waals surface area contributed by atoms with Crippen molar-refractivity contribution in [2.45, 2.75) is 44.3 Å². The number of nitrogens with one attached hydrogen (secondary N) is 3. The molecule has 3 amide bonds. The number of urea groups is 1. The van der Waals surface area contributed by atoms with E-state index in [4.69, 9.17) is 0 Å². The number of anilines is 1. The van der Waals surface area contributed by atoms with Gasteiger partial charge < -0.3 is 16.0 Å². The molecule has 1 saturated heterocycles. The van der Waals surface area contributed by atoms with Crippen molar-refractivity contribution >= 4 is 17.6 Å². The fraction of sp³-hybridized carbons (Fsp3) is 0.391. The van der Waals surface area contributed by atoms with Crippen LogP contribution >= 0.6 is 0 Å². The Bertz CT molecular complexity index is 843. The Labute approximate surface area is 171 Å². The topological polar surface area (TPSA) is 73.5 Å². The van der Waals surface area contributed by atoms with E-state index in [-0.39, 0.29) is 18.0 Å². The molecule has 0 atom stereocenters. The molecule has 2 fully saturated rings. The molecule has 152 valence electrons. The third kappa shape index (κ3) is 5.81. The zero-order valence-corrected chi connectivity index (χ0v) is 16.6. The van der Waals surface area contributed by atoms with Crippen molar-refractivity contribution in [1.29, 1.82) is 0 Å². The van der Waals surface area contributed by atoms with Crippen LogP contribution in [0.2, 0.25) is 0 Å². The summed E-state index contributed by atoms with van der Waals surface area (Å²) in [5, 5.41) is 8.89. The molecule has 3 N–H and O–H groups in total. The van der Waals surface area contributed by atoms with E-state index in [1.54, 1.807) is 24.3 Å². The maximum Gasteiger partial charge on any atom is 0.319 e. The van der Waals surface area contributed by atoms with E-state index in [9.17, 15) is 9.59 Å². The van der Waals surface area contributed by atoms with E-state index in [0.29, 0.717) is 17.3 Å². The molecule has 0 radical (unpaired) electrons. The summed E-state index contributed by atoms with van der Waals surface area (Å²) in [5.74, 6) is -0.0812. The molecule has 4 rings (SSSR count). The van der Waals surface area contributed by atoms with Crippen LogP contribution in [0.4, 0.5) is 10.5 Å². The standard InChI is InChI=1S/C23H28N4O2/c28-22(24-19-9-10-19)18-7-4-8-21(15-18)26-23(29)25-20-11-13-27(14-12-20)16-17-5-2-1-3-6-17/h1-8,15,19-20H,9-14,16H2,(H,24,28)(H2,25,26,29). The number of likely N-dealkylation sites (tertiary alicyclic amines) is 1. The second-order valence-corrected chi connectivity index (χ2v) is 7.96. The van der Waals surface area contributed by atoms with Gasteiger partial charge in [-0.3, -0.25) is 9.69 Å². The van der Waals surface area contributed by atoms with Gasteiger partial charge in [0.1, 0.15) is 0 Å². The molecule has 0 spiro atoms. The maximum atomic E-state index is 12.4. The molecule has 1 aliphatic carbocycles. The number of hydrogen-bond donors (Lipinski definition) is 3. The van der Waals surface area contributed by atoms with Crippen LogP contribution in [0.15, 0.2) is 54.6 Å². The Morgan fingerprint density at radius 1 is 0.862 bits per heavy atom. The quantitative estimate of drug-likeness (QED) is 0.706. The molecule has 0 aromatic heterocycles. The van der Waals surface area contributed by atoms with E-state index in [2.05, 4.69) is 45.1 Å². The molecular formula is C23H28N4O2. The molecule has 0 bridgehead atoms.